The second kappa shape index (κ2) is 8.54. The highest BCUT2D eigenvalue weighted by atomic mass is 16.5. The van der Waals surface area contributed by atoms with Crippen molar-refractivity contribution in [1.82, 2.24) is 4.98 Å². The molecule has 5 heteroatoms. The third kappa shape index (κ3) is 4.56. The van der Waals surface area contributed by atoms with Gasteiger partial charge in [0, 0.05) is 22.8 Å². The molecule has 140 valence electrons. The SMILES string of the molecule is CC[C@@H](C)c1ccccc1NC(=O)COC(=O)Cc1c[nH]c2ccccc12. The minimum absolute atomic E-state index is 0.126. The number of nitrogens with one attached hydrogen (secondary N) is 2. The van der Waals surface area contributed by atoms with Crippen LogP contribution >= 0.6 is 0 Å². The number of benzene rings is 2. The number of hydrogen-bond acceptors (Lipinski definition) is 3. The maximum atomic E-state index is 12.2. The zero-order valence-electron chi connectivity index (χ0n) is 15.6. The van der Waals surface area contributed by atoms with Gasteiger partial charge in [-0.05, 0) is 35.6 Å². The van der Waals surface area contributed by atoms with Crippen molar-refractivity contribution in [3.05, 3.63) is 65.9 Å². The van der Waals surface area contributed by atoms with E-state index in [1.807, 2.05) is 48.5 Å². The summed E-state index contributed by atoms with van der Waals surface area (Å²) in [4.78, 5) is 27.4. The summed E-state index contributed by atoms with van der Waals surface area (Å²) in [6, 6.07) is 15.5. The molecule has 0 radical (unpaired) electrons. The van der Waals surface area contributed by atoms with Crippen molar-refractivity contribution in [3.63, 3.8) is 0 Å². The molecular formula is C22H24N2O3. The highest BCUT2D eigenvalue weighted by molar-refractivity contribution is 5.94. The molecule has 0 fully saturated rings. The second-order valence-corrected chi connectivity index (χ2v) is 6.64. The van der Waals surface area contributed by atoms with Crippen LogP contribution in [0.2, 0.25) is 0 Å². The van der Waals surface area contributed by atoms with Gasteiger partial charge in [-0.3, -0.25) is 9.59 Å². The Morgan fingerprint density at radius 1 is 1.11 bits per heavy atom. The summed E-state index contributed by atoms with van der Waals surface area (Å²) >= 11 is 0. The Bertz CT molecular complexity index is 945. The summed E-state index contributed by atoms with van der Waals surface area (Å²) in [6.07, 6.45) is 2.90. The van der Waals surface area contributed by atoms with E-state index in [1.165, 1.54) is 0 Å². The summed E-state index contributed by atoms with van der Waals surface area (Å²) < 4.78 is 5.16. The first kappa shape index (κ1) is 18.7. The number of ether oxygens (including phenoxy) is 1. The summed E-state index contributed by atoms with van der Waals surface area (Å²) in [5, 5.41) is 3.83. The van der Waals surface area contributed by atoms with Crippen molar-refractivity contribution in [2.24, 2.45) is 0 Å². The normalized spacial score (nSPS) is 11.9. The lowest BCUT2D eigenvalue weighted by atomic mass is 9.97. The Balaban J connectivity index is 1.56. The van der Waals surface area contributed by atoms with Gasteiger partial charge in [-0.2, -0.15) is 0 Å². The molecule has 0 aliphatic rings. The number of anilines is 1. The molecule has 1 heterocycles. The molecule has 3 aromatic rings. The highest BCUT2D eigenvalue weighted by Crippen LogP contribution is 2.26. The molecule has 5 nitrogen and oxygen atoms in total. The Labute approximate surface area is 158 Å². The molecule has 2 N–H and O–H groups in total. The number of esters is 1. The van der Waals surface area contributed by atoms with E-state index in [0.717, 1.165) is 34.1 Å². The molecule has 0 spiro atoms. The topological polar surface area (TPSA) is 71.2 Å². The van der Waals surface area contributed by atoms with Gasteiger partial charge in [0.25, 0.3) is 5.91 Å². The number of amides is 1. The van der Waals surface area contributed by atoms with E-state index in [1.54, 1.807) is 6.20 Å². The summed E-state index contributed by atoms with van der Waals surface area (Å²) in [6.45, 7) is 3.93. The quantitative estimate of drug-likeness (QED) is 0.610. The molecule has 3 rings (SSSR count). The van der Waals surface area contributed by atoms with Crippen LogP contribution in [0.25, 0.3) is 10.9 Å². The van der Waals surface area contributed by atoms with Gasteiger partial charge in [-0.15, -0.1) is 0 Å². The van der Waals surface area contributed by atoms with E-state index in [-0.39, 0.29) is 18.9 Å². The zero-order chi connectivity index (χ0) is 19.2. The first-order chi connectivity index (χ1) is 13.1. The fourth-order valence-electron chi connectivity index (χ4n) is 3.08. The molecule has 1 atom stereocenters. The predicted octanol–water partition coefficient (Wildman–Crippen LogP) is 4.41. The van der Waals surface area contributed by atoms with E-state index in [9.17, 15) is 9.59 Å². The largest absolute Gasteiger partial charge is 0.455 e. The van der Waals surface area contributed by atoms with Crippen LogP contribution in [0.3, 0.4) is 0 Å². The van der Waals surface area contributed by atoms with Crippen molar-refractivity contribution in [2.75, 3.05) is 11.9 Å². The molecule has 0 saturated carbocycles. The van der Waals surface area contributed by atoms with E-state index in [4.69, 9.17) is 4.74 Å². The minimum Gasteiger partial charge on any atom is -0.455 e. The maximum absolute atomic E-state index is 12.2. The maximum Gasteiger partial charge on any atom is 0.310 e. The van der Waals surface area contributed by atoms with E-state index < -0.39 is 5.97 Å². The monoisotopic (exact) mass is 364 g/mol. The lowest BCUT2D eigenvalue weighted by molar-refractivity contribution is -0.146. The Morgan fingerprint density at radius 2 is 1.85 bits per heavy atom. The van der Waals surface area contributed by atoms with Crippen LogP contribution in [0.1, 0.15) is 37.3 Å². The van der Waals surface area contributed by atoms with Crippen LogP contribution in [0, 0.1) is 0 Å². The van der Waals surface area contributed by atoms with E-state index >= 15 is 0 Å². The molecule has 0 aliphatic heterocycles. The van der Waals surface area contributed by atoms with Crippen LogP contribution < -0.4 is 5.32 Å². The van der Waals surface area contributed by atoms with Crippen molar-refractivity contribution in [2.45, 2.75) is 32.6 Å². The second-order valence-electron chi connectivity index (χ2n) is 6.64. The number of fused-ring (bicyclic) bond motifs is 1. The number of hydrogen-bond donors (Lipinski definition) is 2. The van der Waals surface area contributed by atoms with Gasteiger partial charge in [0.15, 0.2) is 6.61 Å². The zero-order valence-corrected chi connectivity index (χ0v) is 15.6. The predicted molar refractivity (Wildman–Crippen MR) is 107 cm³/mol. The van der Waals surface area contributed by atoms with Crippen molar-refractivity contribution < 1.29 is 14.3 Å². The average Bonchev–Trinajstić information content (AvgIpc) is 3.09. The Hall–Kier alpha value is -3.08. The molecule has 2 aromatic carbocycles. The number of carbonyl (C=O) groups is 2. The van der Waals surface area contributed by atoms with Gasteiger partial charge in [0.1, 0.15) is 0 Å². The lowest BCUT2D eigenvalue weighted by Gasteiger charge is -2.15. The van der Waals surface area contributed by atoms with Crippen molar-refractivity contribution in [3.8, 4) is 0 Å². The van der Waals surface area contributed by atoms with Crippen LogP contribution in [-0.4, -0.2) is 23.5 Å². The number of para-hydroxylation sites is 2. The summed E-state index contributed by atoms with van der Waals surface area (Å²) in [7, 11) is 0. The first-order valence-electron chi connectivity index (χ1n) is 9.18. The minimum atomic E-state index is -0.426. The Kier molecular flexibility index (Phi) is 5.91. The number of aromatic nitrogens is 1. The van der Waals surface area contributed by atoms with E-state index in [0.29, 0.717) is 5.92 Å². The molecule has 0 unspecified atom stereocenters. The Morgan fingerprint density at radius 3 is 2.67 bits per heavy atom. The third-order valence-electron chi connectivity index (χ3n) is 4.75. The first-order valence-corrected chi connectivity index (χ1v) is 9.18. The number of rotatable bonds is 7. The van der Waals surface area contributed by atoms with Gasteiger partial charge >= 0.3 is 5.97 Å². The van der Waals surface area contributed by atoms with Crippen LogP contribution in [-0.2, 0) is 20.7 Å². The smallest absolute Gasteiger partial charge is 0.310 e. The summed E-state index contributed by atoms with van der Waals surface area (Å²) in [5.74, 6) is -0.422. The molecule has 0 bridgehead atoms. The third-order valence-corrected chi connectivity index (χ3v) is 4.75. The molecule has 0 aliphatic carbocycles. The van der Waals surface area contributed by atoms with Crippen LogP contribution in [0.4, 0.5) is 5.69 Å². The van der Waals surface area contributed by atoms with Gasteiger partial charge in [-0.1, -0.05) is 50.2 Å². The molecule has 27 heavy (non-hydrogen) atoms. The van der Waals surface area contributed by atoms with Gasteiger partial charge < -0.3 is 15.0 Å². The lowest BCUT2D eigenvalue weighted by Crippen LogP contribution is -2.22. The van der Waals surface area contributed by atoms with E-state index in [2.05, 4.69) is 24.1 Å². The fourth-order valence-corrected chi connectivity index (χ4v) is 3.08. The van der Waals surface area contributed by atoms with Crippen LogP contribution in [0.15, 0.2) is 54.7 Å². The number of H-pyrrole nitrogens is 1. The summed E-state index contributed by atoms with van der Waals surface area (Å²) in [5.41, 5.74) is 3.68. The molecule has 0 saturated heterocycles. The van der Waals surface area contributed by atoms with Crippen LogP contribution in [0.5, 0.6) is 0 Å². The van der Waals surface area contributed by atoms with Crippen molar-refractivity contribution in [1.29, 1.82) is 0 Å². The molecule has 1 amide bonds. The van der Waals surface area contributed by atoms with Gasteiger partial charge in [-0.25, -0.2) is 0 Å². The molecule has 1 aromatic heterocycles. The molecular weight excluding hydrogens is 340 g/mol. The standard InChI is InChI=1S/C22H24N2O3/c1-3-15(2)17-8-4-7-11-20(17)24-21(25)14-27-22(26)12-16-13-23-19-10-6-5-9-18(16)19/h4-11,13,15,23H,3,12,14H2,1-2H3,(H,24,25)/t15-/m1/s1. The number of carbonyl (C=O) groups excluding carboxylic acids is 2. The number of aromatic amines is 1. The van der Waals surface area contributed by atoms with Crippen molar-refractivity contribution >= 4 is 28.5 Å². The fraction of sp³-hybridized carbons (Fsp3) is 0.273. The van der Waals surface area contributed by atoms with Gasteiger partial charge in [0.05, 0.1) is 6.42 Å². The van der Waals surface area contributed by atoms with Gasteiger partial charge in [0.2, 0.25) is 0 Å². The average molecular weight is 364 g/mol. The highest BCUT2D eigenvalue weighted by Gasteiger charge is 2.14.